The lowest BCUT2D eigenvalue weighted by Crippen LogP contribution is -2.17. The number of nitrogens with zero attached hydrogens (tertiary/aromatic N) is 1. The molecule has 0 unspecified atom stereocenters. The molecule has 0 aliphatic carbocycles. The number of aryl methyl sites for hydroxylation is 1. The van der Waals surface area contributed by atoms with Crippen molar-refractivity contribution in [3.05, 3.63) is 64.6 Å². The van der Waals surface area contributed by atoms with E-state index in [1.807, 2.05) is 37.3 Å². The van der Waals surface area contributed by atoms with Crippen LogP contribution in [0.15, 0.2) is 57.7 Å². The molecule has 0 N–H and O–H groups in total. The summed E-state index contributed by atoms with van der Waals surface area (Å²) in [6.07, 6.45) is 0.0836. The molecule has 3 aromatic rings. The predicted octanol–water partition coefficient (Wildman–Crippen LogP) is 3.13. The fourth-order valence-corrected chi connectivity index (χ4v) is 2.58. The van der Waals surface area contributed by atoms with Crippen molar-refractivity contribution in [2.75, 3.05) is 6.61 Å². The first-order valence-corrected chi connectivity index (χ1v) is 8.13. The maximum atomic E-state index is 12.0. The van der Waals surface area contributed by atoms with Gasteiger partial charge in [-0.2, -0.15) is 0 Å². The number of carbonyl (C=O) groups excluding carboxylic acids is 1. The van der Waals surface area contributed by atoms with Crippen molar-refractivity contribution in [2.24, 2.45) is 0 Å². The summed E-state index contributed by atoms with van der Waals surface area (Å²) in [6.45, 7) is 2.79. The number of esters is 1. The van der Waals surface area contributed by atoms with E-state index in [2.05, 4.69) is 0 Å². The van der Waals surface area contributed by atoms with Gasteiger partial charge in [-0.15, -0.1) is 0 Å². The van der Waals surface area contributed by atoms with E-state index < -0.39 is 5.76 Å². The Labute approximate surface area is 144 Å². The number of fused-ring (bicyclic) bond motifs is 1. The molecule has 0 radical (unpaired) electrons. The van der Waals surface area contributed by atoms with Crippen molar-refractivity contribution in [2.45, 2.75) is 26.5 Å². The molecule has 0 aliphatic rings. The predicted molar refractivity (Wildman–Crippen MR) is 92.5 cm³/mol. The number of oxazole rings is 1. The second-order valence-corrected chi connectivity index (χ2v) is 5.44. The summed E-state index contributed by atoms with van der Waals surface area (Å²) < 4.78 is 17.4. The van der Waals surface area contributed by atoms with Gasteiger partial charge in [0.2, 0.25) is 0 Å². The van der Waals surface area contributed by atoms with Gasteiger partial charge >= 0.3 is 11.7 Å². The maximum absolute atomic E-state index is 12.0. The number of hydrogen-bond acceptors (Lipinski definition) is 5. The smallest absolute Gasteiger partial charge is 0.419 e. The molecule has 0 fully saturated rings. The van der Waals surface area contributed by atoms with E-state index >= 15 is 0 Å². The quantitative estimate of drug-likeness (QED) is 0.618. The van der Waals surface area contributed by atoms with E-state index in [0.717, 1.165) is 5.56 Å². The van der Waals surface area contributed by atoms with Crippen LogP contribution in [0.2, 0.25) is 0 Å². The molecular formula is C19H19NO5. The molecule has 25 heavy (non-hydrogen) atoms. The second-order valence-electron chi connectivity index (χ2n) is 5.44. The zero-order valence-electron chi connectivity index (χ0n) is 13.9. The highest BCUT2D eigenvalue weighted by atomic mass is 16.5. The Balaban J connectivity index is 1.60. The Morgan fingerprint density at radius 2 is 1.88 bits per heavy atom. The van der Waals surface area contributed by atoms with Crippen LogP contribution in [0.4, 0.5) is 0 Å². The van der Waals surface area contributed by atoms with Crippen LogP contribution in [0, 0.1) is 0 Å². The largest absolute Gasteiger partial charge is 0.493 e. The molecule has 0 bridgehead atoms. The third-order valence-electron chi connectivity index (χ3n) is 3.77. The molecule has 2 aromatic carbocycles. The standard InChI is InChI=1S/C19H19NO5/c1-2-23-16-9-5-3-7-14(16)13-24-18(21)11-12-20-15-8-4-6-10-17(15)25-19(20)22/h3-10H,2,11-13H2,1H3. The van der Waals surface area contributed by atoms with Crippen molar-refractivity contribution < 1.29 is 18.7 Å². The lowest BCUT2D eigenvalue weighted by atomic mass is 10.2. The van der Waals surface area contributed by atoms with Gasteiger partial charge in [0.15, 0.2) is 5.58 Å². The van der Waals surface area contributed by atoms with Gasteiger partial charge in [-0.05, 0) is 25.1 Å². The number of rotatable bonds is 7. The lowest BCUT2D eigenvalue weighted by molar-refractivity contribution is -0.145. The molecule has 0 amide bonds. The first-order valence-electron chi connectivity index (χ1n) is 8.13. The Morgan fingerprint density at radius 1 is 1.12 bits per heavy atom. The Hall–Kier alpha value is -3.02. The summed E-state index contributed by atoms with van der Waals surface area (Å²) in [7, 11) is 0. The molecule has 0 aliphatic heterocycles. The first-order chi connectivity index (χ1) is 12.2. The molecule has 1 aromatic heterocycles. The summed E-state index contributed by atoms with van der Waals surface area (Å²) in [5.41, 5.74) is 1.98. The van der Waals surface area contributed by atoms with Gasteiger partial charge in [0.25, 0.3) is 0 Å². The van der Waals surface area contributed by atoms with Crippen LogP contribution in [-0.4, -0.2) is 17.1 Å². The van der Waals surface area contributed by atoms with E-state index in [9.17, 15) is 9.59 Å². The molecule has 0 saturated heterocycles. The third-order valence-corrected chi connectivity index (χ3v) is 3.77. The summed E-state index contributed by atoms with van der Waals surface area (Å²) in [4.78, 5) is 23.9. The molecule has 0 saturated carbocycles. The SMILES string of the molecule is CCOc1ccccc1COC(=O)CCn1c(=O)oc2ccccc21. The van der Waals surface area contributed by atoms with E-state index in [4.69, 9.17) is 13.9 Å². The topological polar surface area (TPSA) is 70.7 Å². The van der Waals surface area contributed by atoms with Gasteiger partial charge in [0.05, 0.1) is 18.5 Å². The molecule has 6 nitrogen and oxygen atoms in total. The molecule has 6 heteroatoms. The molecule has 0 spiro atoms. The molecule has 0 atom stereocenters. The third kappa shape index (κ3) is 3.91. The summed E-state index contributed by atoms with van der Waals surface area (Å²) in [5.74, 6) is -0.158. The fourth-order valence-electron chi connectivity index (χ4n) is 2.58. The minimum Gasteiger partial charge on any atom is -0.493 e. The minimum atomic E-state index is -0.476. The van der Waals surface area contributed by atoms with E-state index in [0.29, 0.717) is 23.5 Å². The highest BCUT2D eigenvalue weighted by Gasteiger charge is 2.12. The van der Waals surface area contributed by atoms with Crippen LogP contribution in [0.3, 0.4) is 0 Å². The number of aromatic nitrogens is 1. The average Bonchev–Trinajstić information content (AvgIpc) is 2.94. The van der Waals surface area contributed by atoms with Gasteiger partial charge in [0, 0.05) is 12.1 Å². The summed E-state index contributed by atoms with van der Waals surface area (Å²) >= 11 is 0. The van der Waals surface area contributed by atoms with Crippen molar-refractivity contribution in [3.63, 3.8) is 0 Å². The van der Waals surface area contributed by atoms with Crippen LogP contribution in [0.25, 0.3) is 11.1 Å². The monoisotopic (exact) mass is 341 g/mol. The maximum Gasteiger partial charge on any atom is 0.419 e. The number of carbonyl (C=O) groups is 1. The summed E-state index contributed by atoms with van der Waals surface area (Å²) in [6, 6.07) is 14.5. The Bertz CT molecular complexity index is 925. The van der Waals surface area contributed by atoms with Gasteiger partial charge in [-0.1, -0.05) is 30.3 Å². The zero-order chi connectivity index (χ0) is 17.6. The Morgan fingerprint density at radius 3 is 2.72 bits per heavy atom. The highest BCUT2D eigenvalue weighted by Crippen LogP contribution is 2.19. The number of ether oxygens (including phenoxy) is 2. The van der Waals surface area contributed by atoms with E-state index in [-0.39, 0.29) is 25.5 Å². The first kappa shape index (κ1) is 16.8. The van der Waals surface area contributed by atoms with Gasteiger partial charge < -0.3 is 13.9 Å². The zero-order valence-corrected chi connectivity index (χ0v) is 13.9. The molecule has 3 rings (SSSR count). The average molecular weight is 341 g/mol. The van der Waals surface area contributed by atoms with Crippen LogP contribution >= 0.6 is 0 Å². The number of hydrogen-bond donors (Lipinski definition) is 0. The highest BCUT2D eigenvalue weighted by molar-refractivity contribution is 5.73. The minimum absolute atomic E-state index is 0.0836. The van der Waals surface area contributed by atoms with Gasteiger partial charge in [-0.25, -0.2) is 4.79 Å². The van der Waals surface area contributed by atoms with Crippen LogP contribution in [-0.2, 0) is 22.7 Å². The van der Waals surface area contributed by atoms with Crippen LogP contribution in [0.5, 0.6) is 5.75 Å². The normalized spacial score (nSPS) is 10.8. The second kappa shape index (κ2) is 7.70. The number of benzene rings is 2. The molecule has 1 heterocycles. The van der Waals surface area contributed by atoms with Gasteiger partial charge in [-0.3, -0.25) is 9.36 Å². The van der Waals surface area contributed by atoms with Crippen LogP contribution < -0.4 is 10.5 Å². The molecule has 130 valence electrons. The summed E-state index contributed by atoms with van der Waals surface area (Å²) in [5, 5.41) is 0. The lowest BCUT2D eigenvalue weighted by Gasteiger charge is -2.10. The number of para-hydroxylation sites is 3. The Kier molecular flexibility index (Phi) is 5.18. The molecular weight excluding hydrogens is 322 g/mol. The van der Waals surface area contributed by atoms with Gasteiger partial charge in [0.1, 0.15) is 12.4 Å². The van der Waals surface area contributed by atoms with E-state index in [1.54, 1.807) is 18.2 Å². The van der Waals surface area contributed by atoms with Crippen molar-refractivity contribution >= 4 is 17.1 Å². The van der Waals surface area contributed by atoms with Crippen molar-refractivity contribution in [1.82, 2.24) is 4.57 Å². The van der Waals surface area contributed by atoms with Crippen LogP contribution in [0.1, 0.15) is 18.9 Å². The van der Waals surface area contributed by atoms with Crippen molar-refractivity contribution in [1.29, 1.82) is 0 Å². The fraction of sp³-hybridized carbons (Fsp3) is 0.263. The van der Waals surface area contributed by atoms with E-state index in [1.165, 1.54) is 4.57 Å². The van der Waals surface area contributed by atoms with Crippen molar-refractivity contribution in [3.8, 4) is 5.75 Å².